The number of rotatable bonds is 9. The van der Waals surface area contributed by atoms with Crippen LogP contribution < -0.4 is 16.0 Å². The van der Waals surface area contributed by atoms with Crippen molar-refractivity contribution in [2.24, 2.45) is 0 Å². The van der Waals surface area contributed by atoms with Gasteiger partial charge in [0.25, 0.3) is 0 Å². The maximum Gasteiger partial charge on any atom is 0.234 e. The molecule has 0 radical (unpaired) electrons. The molecule has 0 spiro atoms. The van der Waals surface area contributed by atoms with Crippen LogP contribution in [0.4, 0.5) is 5.69 Å². The molecule has 150 valence electrons. The number of amides is 2. The third-order valence-electron chi connectivity index (χ3n) is 4.88. The van der Waals surface area contributed by atoms with Crippen LogP contribution in [0.1, 0.15) is 51.0 Å². The van der Waals surface area contributed by atoms with Crippen LogP contribution in [0.3, 0.4) is 0 Å². The minimum Gasteiger partial charge on any atom is -0.354 e. The van der Waals surface area contributed by atoms with Crippen LogP contribution in [0, 0.1) is 6.92 Å². The van der Waals surface area contributed by atoms with Gasteiger partial charge in [0.1, 0.15) is 0 Å². The Morgan fingerprint density at radius 3 is 2.41 bits per heavy atom. The summed E-state index contributed by atoms with van der Waals surface area (Å²) in [5.74, 6) is 0.173. The molecule has 1 fully saturated rings. The molecule has 0 bridgehead atoms. The molecule has 0 saturated heterocycles. The molecule has 1 saturated carbocycles. The van der Waals surface area contributed by atoms with E-state index in [4.69, 9.17) is 0 Å². The monoisotopic (exact) mass is 391 g/mol. The van der Waals surface area contributed by atoms with E-state index in [1.807, 2.05) is 38.1 Å². The highest BCUT2D eigenvalue weighted by Crippen LogP contribution is 2.17. The van der Waals surface area contributed by atoms with Crippen molar-refractivity contribution in [1.82, 2.24) is 10.6 Å². The molecule has 6 heteroatoms. The first-order chi connectivity index (χ1) is 13.0. The van der Waals surface area contributed by atoms with Crippen molar-refractivity contribution in [3.63, 3.8) is 0 Å². The molecule has 1 unspecified atom stereocenters. The Morgan fingerprint density at radius 1 is 1.07 bits per heavy atom. The van der Waals surface area contributed by atoms with Gasteiger partial charge in [0.15, 0.2) is 0 Å². The topological polar surface area (TPSA) is 70.2 Å². The van der Waals surface area contributed by atoms with Gasteiger partial charge in [-0.15, -0.1) is 11.8 Å². The van der Waals surface area contributed by atoms with E-state index in [2.05, 4.69) is 16.0 Å². The highest BCUT2D eigenvalue weighted by atomic mass is 32.2. The van der Waals surface area contributed by atoms with E-state index >= 15 is 0 Å². The molecule has 3 N–H and O–H groups in total. The molecule has 5 nitrogen and oxygen atoms in total. The molecule has 1 atom stereocenters. The number of carbonyl (C=O) groups excluding carboxylic acids is 2. The minimum atomic E-state index is -0.244. The van der Waals surface area contributed by atoms with Gasteiger partial charge in [-0.2, -0.15) is 0 Å². The fourth-order valence-corrected chi connectivity index (χ4v) is 3.91. The number of anilines is 1. The first-order valence-electron chi connectivity index (χ1n) is 10.0. The lowest BCUT2D eigenvalue weighted by Gasteiger charge is -2.17. The SMILES string of the molecule is Cc1ccc(NC(=O)CSC(C)C(=O)NCCNC2CCCCCC2)cc1. The summed E-state index contributed by atoms with van der Waals surface area (Å²) in [5, 5.41) is 9.13. The van der Waals surface area contributed by atoms with Crippen molar-refractivity contribution in [3.05, 3.63) is 29.8 Å². The number of hydrogen-bond donors (Lipinski definition) is 3. The smallest absolute Gasteiger partial charge is 0.234 e. The molecular weight excluding hydrogens is 358 g/mol. The molecule has 2 amide bonds. The quantitative estimate of drug-likeness (QED) is 0.445. The molecule has 1 aromatic rings. The molecular formula is C21H33N3O2S. The van der Waals surface area contributed by atoms with Crippen LogP contribution in [0.5, 0.6) is 0 Å². The lowest BCUT2D eigenvalue weighted by molar-refractivity contribution is -0.120. The summed E-state index contributed by atoms with van der Waals surface area (Å²) in [6.07, 6.45) is 7.81. The largest absolute Gasteiger partial charge is 0.354 e. The van der Waals surface area contributed by atoms with Crippen LogP contribution in [-0.2, 0) is 9.59 Å². The van der Waals surface area contributed by atoms with Gasteiger partial charge < -0.3 is 16.0 Å². The van der Waals surface area contributed by atoms with Crippen LogP contribution >= 0.6 is 11.8 Å². The standard InChI is InChI=1S/C21H33N3O2S/c1-16-9-11-19(12-10-16)24-20(25)15-27-17(2)21(26)23-14-13-22-18-7-5-3-4-6-8-18/h9-12,17-18,22H,3-8,13-15H2,1-2H3,(H,23,26)(H,24,25). The zero-order valence-corrected chi connectivity index (χ0v) is 17.4. The van der Waals surface area contributed by atoms with Crippen molar-refractivity contribution in [2.45, 2.75) is 63.7 Å². The summed E-state index contributed by atoms with van der Waals surface area (Å²) < 4.78 is 0. The maximum atomic E-state index is 12.2. The fourth-order valence-electron chi connectivity index (χ4n) is 3.20. The second-order valence-corrected chi connectivity index (χ2v) is 8.63. The highest BCUT2D eigenvalue weighted by molar-refractivity contribution is 8.01. The van der Waals surface area contributed by atoms with Crippen molar-refractivity contribution < 1.29 is 9.59 Å². The van der Waals surface area contributed by atoms with Crippen LogP contribution in [0.25, 0.3) is 0 Å². The first-order valence-corrected chi connectivity index (χ1v) is 11.1. The average molecular weight is 392 g/mol. The summed E-state index contributed by atoms with van der Waals surface area (Å²) in [4.78, 5) is 24.2. The van der Waals surface area contributed by atoms with E-state index in [0.29, 0.717) is 12.6 Å². The molecule has 0 aliphatic heterocycles. The molecule has 2 rings (SSSR count). The molecule has 1 aromatic carbocycles. The number of nitrogens with one attached hydrogen (secondary N) is 3. The third kappa shape index (κ3) is 8.80. The Kier molecular flexibility index (Phi) is 9.70. The Balaban J connectivity index is 1.57. The zero-order chi connectivity index (χ0) is 19.5. The number of benzene rings is 1. The third-order valence-corrected chi connectivity index (χ3v) is 6.02. The Morgan fingerprint density at radius 2 is 1.74 bits per heavy atom. The van der Waals surface area contributed by atoms with E-state index in [-0.39, 0.29) is 22.8 Å². The summed E-state index contributed by atoms with van der Waals surface area (Å²) in [6.45, 7) is 5.29. The molecule has 1 aliphatic rings. The van der Waals surface area contributed by atoms with Crippen molar-refractivity contribution in [3.8, 4) is 0 Å². The van der Waals surface area contributed by atoms with Crippen molar-refractivity contribution >= 4 is 29.3 Å². The fraction of sp³-hybridized carbons (Fsp3) is 0.619. The van der Waals surface area contributed by atoms with Gasteiger partial charge in [0, 0.05) is 24.8 Å². The van der Waals surface area contributed by atoms with Crippen LogP contribution in [0.2, 0.25) is 0 Å². The Bertz CT molecular complexity index is 584. The van der Waals surface area contributed by atoms with E-state index in [0.717, 1.165) is 17.8 Å². The van der Waals surface area contributed by atoms with E-state index in [1.54, 1.807) is 0 Å². The molecule has 27 heavy (non-hydrogen) atoms. The Hall–Kier alpha value is -1.53. The van der Waals surface area contributed by atoms with E-state index in [9.17, 15) is 9.59 Å². The van der Waals surface area contributed by atoms with Gasteiger partial charge >= 0.3 is 0 Å². The summed E-state index contributed by atoms with van der Waals surface area (Å²) in [5.41, 5.74) is 1.94. The molecule has 1 aliphatic carbocycles. The molecule has 0 heterocycles. The summed E-state index contributed by atoms with van der Waals surface area (Å²) >= 11 is 1.36. The van der Waals surface area contributed by atoms with Crippen LogP contribution in [-0.4, -0.2) is 41.9 Å². The van der Waals surface area contributed by atoms with Gasteiger partial charge in [-0.05, 0) is 38.8 Å². The number of carbonyl (C=O) groups is 2. The predicted octanol–water partition coefficient (Wildman–Crippen LogP) is 3.48. The Labute approximate surface area is 167 Å². The predicted molar refractivity (Wildman–Crippen MR) is 114 cm³/mol. The van der Waals surface area contributed by atoms with Gasteiger partial charge in [-0.1, -0.05) is 43.4 Å². The number of thioether (sulfide) groups is 1. The maximum absolute atomic E-state index is 12.2. The van der Waals surface area contributed by atoms with E-state index < -0.39 is 0 Å². The zero-order valence-electron chi connectivity index (χ0n) is 16.6. The highest BCUT2D eigenvalue weighted by Gasteiger charge is 2.15. The first kappa shape index (κ1) is 21.8. The minimum absolute atomic E-state index is 0.00852. The second-order valence-electron chi connectivity index (χ2n) is 7.30. The average Bonchev–Trinajstić information content (AvgIpc) is 2.94. The normalized spacial score (nSPS) is 16.4. The molecule has 0 aromatic heterocycles. The summed E-state index contributed by atoms with van der Waals surface area (Å²) in [7, 11) is 0. The van der Waals surface area contributed by atoms with Crippen LogP contribution in [0.15, 0.2) is 24.3 Å². The van der Waals surface area contributed by atoms with Crippen molar-refractivity contribution in [2.75, 3.05) is 24.2 Å². The number of hydrogen-bond acceptors (Lipinski definition) is 4. The van der Waals surface area contributed by atoms with Gasteiger partial charge in [0.05, 0.1) is 11.0 Å². The van der Waals surface area contributed by atoms with E-state index in [1.165, 1.54) is 50.3 Å². The van der Waals surface area contributed by atoms with Gasteiger partial charge in [-0.25, -0.2) is 0 Å². The summed E-state index contributed by atoms with van der Waals surface area (Å²) in [6, 6.07) is 8.29. The lowest BCUT2D eigenvalue weighted by Crippen LogP contribution is -2.39. The van der Waals surface area contributed by atoms with Crippen molar-refractivity contribution in [1.29, 1.82) is 0 Å². The van der Waals surface area contributed by atoms with Gasteiger partial charge in [0.2, 0.25) is 11.8 Å². The second kappa shape index (κ2) is 12.0. The van der Waals surface area contributed by atoms with Gasteiger partial charge in [-0.3, -0.25) is 9.59 Å². The number of aryl methyl sites for hydroxylation is 1. The lowest BCUT2D eigenvalue weighted by atomic mass is 10.1.